The molecule has 2 amide bonds. The topological polar surface area (TPSA) is 149 Å². The molecule has 17 heteroatoms. The summed E-state index contributed by atoms with van der Waals surface area (Å²) < 4.78 is 10.6. The van der Waals surface area contributed by atoms with E-state index in [2.05, 4.69) is 55.8 Å². The number of nitrogens with one attached hydrogen (secondary N) is 1. The molecule has 2 aliphatic rings. The molecule has 2 fully saturated rings. The van der Waals surface area contributed by atoms with Crippen molar-refractivity contribution in [1.29, 1.82) is 0 Å². The molecule has 4 heterocycles. The number of amides is 2. The number of piperazine rings is 2. The zero-order valence-electron chi connectivity index (χ0n) is 33.0. The molecule has 4 rings (SSSR count). The Morgan fingerprint density at radius 3 is 1.40 bits per heavy atom. The molecule has 0 atom stereocenters. The molecule has 306 valence electrons. The standard InChI is InChI=1S/C13H19ClN4O2.C9H18N2O2.C6H15N.C4H2Cl2N2.C3H8O.CH4/c1-13(2,3)20-12(19)18-6-4-17(5-7-18)11-8-10(14)15-9-16-11;1-9(2,3)13-8(12)11-6-4-10-5-7-11;1-4-7(5-2)6-3;5-3-1-4(6)8-2-7-3;1-3(2)4;/h8-9H,4-7H2,1-3H3;10H,4-7H2,1-3H3;4-6H2,1-3H3;1-2H;3-4H,1-2H3;1H4. The van der Waals surface area contributed by atoms with E-state index < -0.39 is 5.60 Å². The summed E-state index contributed by atoms with van der Waals surface area (Å²) in [5, 5.41) is 12.4. The van der Waals surface area contributed by atoms with Gasteiger partial charge in [-0.05, 0) is 75.0 Å². The lowest BCUT2D eigenvalue weighted by molar-refractivity contribution is 0.0223. The first kappa shape index (κ1) is 52.4. The van der Waals surface area contributed by atoms with Crippen LogP contribution < -0.4 is 10.2 Å². The van der Waals surface area contributed by atoms with E-state index in [0.29, 0.717) is 41.6 Å². The van der Waals surface area contributed by atoms with Gasteiger partial charge in [-0.1, -0.05) is 63.0 Å². The number of ether oxygens (including phenoxy) is 2. The maximum atomic E-state index is 11.9. The van der Waals surface area contributed by atoms with Crippen LogP contribution in [0.2, 0.25) is 15.5 Å². The minimum absolute atomic E-state index is 0. The van der Waals surface area contributed by atoms with E-state index in [0.717, 1.165) is 32.0 Å². The van der Waals surface area contributed by atoms with Gasteiger partial charge < -0.3 is 39.5 Å². The van der Waals surface area contributed by atoms with E-state index in [-0.39, 0.29) is 31.3 Å². The number of aliphatic hydroxyl groups excluding tert-OH is 1. The number of aliphatic hydroxyl groups is 1. The van der Waals surface area contributed by atoms with Gasteiger partial charge >= 0.3 is 12.2 Å². The van der Waals surface area contributed by atoms with Gasteiger partial charge in [0.2, 0.25) is 0 Å². The molecule has 0 spiro atoms. The van der Waals surface area contributed by atoms with Gasteiger partial charge in [-0.15, -0.1) is 0 Å². The van der Waals surface area contributed by atoms with E-state index in [9.17, 15) is 9.59 Å². The predicted molar refractivity (Wildman–Crippen MR) is 217 cm³/mol. The van der Waals surface area contributed by atoms with Crippen LogP contribution in [0.5, 0.6) is 0 Å². The fourth-order valence-corrected chi connectivity index (χ4v) is 4.59. The lowest BCUT2D eigenvalue weighted by Crippen LogP contribution is -2.50. The number of carbonyl (C=O) groups is 2. The molecule has 14 nitrogen and oxygen atoms in total. The Morgan fingerprint density at radius 2 is 1.09 bits per heavy atom. The van der Waals surface area contributed by atoms with E-state index in [4.69, 9.17) is 49.4 Å². The lowest BCUT2D eigenvalue weighted by Gasteiger charge is -2.36. The molecule has 2 saturated heterocycles. The van der Waals surface area contributed by atoms with Gasteiger partial charge in [-0.2, -0.15) is 0 Å². The maximum absolute atomic E-state index is 11.9. The second kappa shape index (κ2) is 27.8. The summed E-state index contributed by atoms with van der Waals surface area (Å²) in [6.45, 7) is 30.6. The van der Waals surface area contributed by atoms with Crippen LogP contribution in [0.3, 0.4) is 0 Å². The molecule has 2 aromatic rings. The number of anilines is 1. The van der Waals surface area contributed by atoms with Crippen LogP contribution in [-0.4, -0.2) is 141 Å². The molecule has 0 saturated carbocycles. The summed E-state index contributed by atoms with van der Waals surface area (Å²) in [7, 11) is 0. The normalized spacial score (nSPS) is 14.1. The summed E-state index contributed by atoms with van der Waals surface area (Å²) in [4.78, 5) is 46.6. The van der Waals surface area contributed by atoms with Crippen molar-refractivity contribution in [2.75, 3.05) is 76.9 Å². The maximum Gasteiger partial charge on any atom is 0.410 e. The van der Waals surface area contributed by atoms with Gasteiger partial charge in [0, 0.05) is 70.6 Å². The van der Waals surface area contributed by atoms with Gasteiger partial charge in [-0.25, -0.2) is 29.5 Å². The van der Waals surface area contributed by atoms with Gasteiger partial charge in [0.25, 0.3) is 0 Å². The summed E-state index contributed by atoms with van der Waals surface area (Å²) in [6, 6.07) is 3.20. The second-order valence-electron chi connectivity index (χ2n) is 13.7. The van der Waals surface area contributed by atoms with Crippen LogP contribution in [0.15, 0.2) is 24.8 Å². The van der Waals surface area contributed by atoms with Gasteiger partial charge in [0.15, 0.2) is 0 Å². The Balaban J connectivity index is 0. The van der Waals surface area contributed by atoms with Crippen molar-refractivity contribution in [2.45, 2.75) is 101 Å². The summed E-state index contributed by atoms with van der Waals surface area (Å²) in [5.74, 6) is 0.786. The van der Waals surface area contributed by atoms with Gasteiger partial charge in [0.1, 0.15) is 45.1 Å². The minimum atomic E-state index is -0.464. The molecule has 53 heavy (non-hydrogen) atoms. The van der Waals surface area contributed by atoms with Crippen LogP contribution in [0.25, 0.3) is 0 Å². The SMILES string of the molecule is C.CC(C)(C)OC(=O)N1CCN(c2cc(Cl)ncn2)CC1.CC(C)(C)OC(=O)N1CCNCC1.CC(C)O.CCN(CC)CC.Clc1cc(Cl)ncn1. The Bertz CT molecular complexity index is 1240. The van der Waals surface area contributed by atoms with Crippen molar-refractivity contribution >= 4 is 52.8 Å². The second-order valence-corrected chi connectivity index (χ2v) is 14.9. The van der Waals surface area contributed by atoms with Crippen molar-refractivity contribution < 1.29 is 24.2 Å². The van der Waals surface area contributed by atoms with E-state index in [1.807, 2.05) is 41.5 Å². The molecule has 2 N–H and O–H groups in total. The third kappa shape index (κ3) is 27.5. The molecule has 0 radical (unpaired) electrons. The smallest absolute Gasteiger partial charge is 0.410 e. The van der Waals surface area contributed by atoms with E-state index in [1.54, 1.807) is 29.7 Å². The Morgan fingerprint density at radius 1 is 0.736 bits per heavy atom. The highest BCUT2D eigenvalue weighted by molar-refractivity contribution is 6.33. The average molecular weight is 811 g/mol. The molecular weight excluding hydrogens is 745 g/mol. The average Bonchev–Trinajstić information content (AvgIpc) is 3.05. The number of nitrogens with zero attached hydrogens (tertiary/aromatic N) is 8. The molecule has 0 aliphatic carbocycles. The molecule has 0 bridgehead atoms. The van der Waals surface area contributed by atoms with Crippen molar-refractivity contribution in [3.63, 3.8) is 0 Å². The number of hydrogen-bond acceptors (Lipinski definition) is 12. The molecule has 2 aliphatic heterocycles. The van der Waals surface area contributed by atoms with Crippen LogP contribution in [0.1, 0.15) is 83.6 Å². The van der Waals surface area contributed by atoms with Crippen molar-refractivity contribution in [1.82, 2.24) is 40.0 Å². The first-order chi connectivity index (χ1) is 24.2. The van der Waals surface area contributed by atoms with Crippen LogP contribution in [0, 0.1) is 0 Å². The van der Waals surface area contributed by atoms with Crippen LogP contribution >= 0.6 is 34.8 Å². The van der Waals surface area contributed by atoms with Gasteiger partial charge in [0.05, 0.1) is 0 Å². The Kier molecular flexibility index (Phi) is 27.4. The number of hydrogen-bond donors (Lipinski definition) is 2. The first-order valence-electron chi connectivity index (χ1n) is 17.6. The fourth-order valence-electron chi connectivity index (χ4n) is 4.10. The quantitative estimate of drug-likeness (QED) is 0.302. The number of halogens is 3. The summed E-state index contributed by atoms with van der Waals surface area (Å²) in [5.41, 5.74) is -0.851. The fraction of sp³-hybridized carbons (Fsp3) is 0.722. The minimum Gasteiger partial charge on any atom is -0.444 e. The van der Waals surface area contributed by atoms with Crippen molar-refractivity contribution in [3.8, 4) is 0 Å². The van der Waals surface area contributed by atoms with E-state index in [1.165, 1.54) is 38.4 Å². The molecule has 2 aromatic heterocycles. The molecule has 0 unspecified atom stereocenters. The van der Waals surface area contributed by atoms with Crippen LogP contribution in [-0.2, 0) is 9.47 Å². The third-order valence-corrected chi connectivity index (χ3v) is 7.21. The monoisotopic (exact) mass is 809 g/mol. The number of carbonyl (C=O) groups excluding carboxylic acids is 2. The third-order valence-electron chi connectivity index (χ3n) is 6.59. The predicted octanol–water partition coefficient (Wildman–Crippen LogP) is 7.17. The number of aromatic nitrogens is 4. The number of rotatable bonds is 4. The highest BCUT2D eigenvalue weighted by Crippen LogP contribution is 2.18. The van der Waals surface area contributed by atoms with Gasteiger partial charge in [-0.3, -0.25) is 0 Å². The van der Waals surface area contributed by atoms with E-state index >= 15 is 0 Å². The Hall–Kier alpha value is -2.75. The molecule has 0 aromatic carbocycles. The lowest BCUT2D eigenvalue weighted by atomic mass is 10.2. The molecular formula is C36H66Cl3N9O5. The highest BCUT2D eigenvalue weighted by atomic mass is 35.5. The highest BCUT2D eigenvalue weighted by Gasteiger charge is 2.26. The van der Waals surface area contributed by atoms with Crippen LogP contribution in [0.4, 0.5) is 15.4 Å². The Labute approximate surface area is 333 Å². The first-order valence-corrected chi connectivity index (χ1v) is 18.8. The van der Waals surface area contributed by atoms with Crippen molar-refractivity contribution in [2.24, 2.45) is 0 Å². The van der Waals surface area contributed by atoms with Crippen molar-refractivity contribution in [3.05, 3.63) is 40.2 Å². The summed E-state index contributed by atoms with van der Waals surface area (Å²) >= 11 is 16.7. The summed E-state index contributed by atoms with van der Waals surface area (Å²) in [6.07, 6.45) is 2.12. The zero-order chi connectivity index (χ0) is 39.9. The zero-order valence-corrected chi connectivity index (χ0v) is 35.2. The largest absolute Gasteiger partial charge is 0.444 e.